The van der Waals surface area contributed by atoms with Crippen LogP contribution in [0.1, 0.15) is 10.4 Å². The van der Waals surface area contributed by atoms with E-state index >= 15 is 0 Å². The van der Waals surface area contributed by atoms with Crippen LogP contribution in [0.25, 0.3) is 0 Å². The standard InChI is InChI=1S/C8H6N6O3.H2O/c15-6-2-1-4(3-5(6)7(16)17)9-10-8-11-13-14-12-8;/h1-3,15H,(H,16,17)(H,11,12,13,14);1H2. The summed E-state index contributed by atoms with van der Waals surface area (Å²) < 4.78 is 0. The van der Waals surface area contributed by atoms with Crippen molar-refractivity contribution in [2.24, 2.45) is 10.2 Å². The molecule has 94 valence electrons. The second-order valence-electron chi connectivity index (χ2n) is 2.92. The predicted molar refractivity (Wildman–Crippen MR) is 57.0 cm³/mol. The average Bonchev–Trinajstić information content (AvgIpc) is 2.80. The normalized spacial score (nSPS) is 10.2. The highest BCUT2D eigenvalue weighted by atomic mass is 16.4. The number of hydrogen-bond donors (Lipinski definition) is 3. The maximum absolute atomic E-state index is 10.7. The topological polar surface area (TPSA) is 168 Å². The molecule has 0 bridgehead atoms. The van der Waals surface area contributed by atoms with Crippen LogP contribution < -0.4 is 0 Å². The number of nitrogens with one attached hydrogen (secondary N) is 1. The number of H-pyrrole nitrogens is 1. The first-order valence-corrected chi connectivity index (χ1v) is 4.38. The van der Waals surface area contributed by atoms with Crippen molar-refractivity contribution in [3.8, 4) is 5.75 Å². The van der Waals surface area contributed by atoms with Gasteiger partial charge in [0.25, 0.3) is 0 Å². The number of aromatic hydroxyl groups is 1. The van der Waals surface area contributed by atoms with E-state index in [1.165, 1.54) is 18.2 Å². The zero-order valence-electron chi connectivity index (χ0n) is 8.77. The van der Waals surface area contributed by atoms with Gasteiger partial charge in [0.15, 0.2) is 0 Å². The van der Waals surface area contributed by atoms with Gasteiger partial charge in [0.2, 0.25) is 0 Å². The zero-order chi connectivity index (χ0) is 12.3. The molecule has 2 rings (SSSR count). The number of hydrogen-bond acceptors (Lipinski definition) is 7. The first-order chi connectivity index (χ1) is 8.16. The van der Waals surface area contributed by atoms with E-state index in [0.717, 1.165) is 0 Å². The van der Waals surface area contributed by atoms with E-state index in [1.54, 1.807) is 0 Å². The summed E-state index contributed by atoms with van der Waals surface area (Å²) in [4.78, 5) is 10.7. The SMILES string of the molecule is O.O=C(O)c1cc(N=Nc2nn[nH]n2)ccc1O. The van der Waals surface area contributed by atoms with E-state index in [-0.39, 0.29) is 28.4 Å². The maximum Gasteiger partial charge on any atom is 0.339 e. The van der Waals surface area contributed by atoms with Crippen LogP contribution in [0.2, 0.25) is 0 Å². The Hall–Kier alpha value is -2.88. The molecule has 0 aliphatic carbocycles. The molecule has 0 aliphatic rings. The largest absolute Gasteiger partial charge is 0.507 e. The Kier molecular flexibility index (Phi) is 3.99. The van der Waals surface area contributed by atoms with Crippen LogP contribution in [0, 0.1) is 0 Å². The molecule has 0 saturated carbocycles. The molecule has 1 aromatic carbocycles. The van der Waals surface area contributed by atoms with E-state index in [0.29, 0.717) is 0 Å². The quantitative estimate of drug-likeness (QED) is 0.658. The van der Waals surface area contributed by atoms with Crippen LogP contribution in [0.15, 0.2) is 28.4 Å². The Labute approximate surface area is 99.3 Å². The Morgan fingerprint density at radius 2 is 2.11 bits per heavy atom. The zero-order valence-corrected chi connectivity index (χ0v) is 8.77. The molecule has 10 nitrogen and oxygen atoms in total. The number of carboxylic acids is 1. The van der Waals surface area contributed by atoms with E-state index < -0.39 is 5.97 Å². The van der Waals surface area contributed by atoms with Gasteiger partial charge in [-0.05, 0) is 23.4 Å². The molecule has 2 aromatic rings. The molecule has 10 heteroatoms. The van der Waals surface area contributed by atoms with Crippen LogP contribution in [-0.4, -0.2) is 42.3 Å². The molecular formula is C8H8N6O4. The minimum Gasteiger partial charge on any atom is -0.507 e. The summed E-state index contributed by atoms with van der Waals surface area (Å²) in [6.45, 7) is 0. The van der Waals surface area contributed by atoms with Crippen molar-refractivity contribution < 1.29 is 20.5 Å². The van der Waals surface area contributed by atoms with E-state index in [4.69, 9.17) is 5.11 Å². The van der Waals surface area contributed by atoms with Gasteiger partial charge >= 0.3 is 11.9 Å². The van der Waals surface area contributed by atoms with Crippen LogP contribution in [-0.2, 0) is 0 Å². The van der Waals surface area contributed by atoms with Crippen molar-refractivity contribution in [1.29, 1.82) is 0 Å². The second kappa shape index (κ2) is 5.45. The minimum absolute atomic E-state index is 0. The van der Waals surface area contributed by atoms with Crippen molar-refractivity contribution >= 4 is 17.6 Å². The molecule has 18 heavy (non-hydrogen) atoms. The van der Waals surface area contributed by atoms with E-state index in [9.17, 15) is 9.90 Å². The number of rotatable bonds is 3. The van der Waals surface area contributed by atoms with Crippen LogP contribution >= 0.6 is 0 Å². The van der Waals surface area contributed by atoms with Gasteiger partial charge in [-0.3, -0.25) is 0 Å². The van der Waals surface area contributed by atoms with Crippen molar-refractivity contribution in [2.45, 2.75) is 0 Å². The van der Waals surface area contributed by atoms with Crippen LogP contribution in [0.3, 0.4) is 0 Å². The molecule has 0 atom stereocenters. The molecule has 5 N–H and O–H groups in total. The Morgan fingerprint density at radius 3 is 2.72 bits per heavy atom. The fourth-order valence-electron chi connectivity index (χ4n) is 1.06. The third-order valence-electron chi connectivity index (χ3n) is 1.80. The van der Waals surface area contributed by atoms with Gasteiger partial charge in [-0.15, -0.1) is 15.3 Å². The molecule has 0 unspecified atom stereocenters. The number of benzene rings is 1. The highest BCUT2D eigenvalue weighted by Gasteiger charge is 2.09. The molecule has 0 radical (unpaired) electrons. The van der Waals surface area contributed by atoms with Gasteiger partial charge in [0.1, 0.15) is 11.3 Å². The first kappa shape index (κ1) is 13.2. The third-order valence-corrected chi connectivity index (χ3v) is 1.80. The number of carbonyl (C=O) groups is 1. The van der Waals surface area contributed by atoms with E-state index in [2.05, 4.69) is 30.9 Å². The van der Waals surface area contributed by atoms with Gasteiger partial charge in [-0.2, -0.15) is 5.21 Å². The van der Waals surface area contributed by atoms with Gasteiger partial charge < -0.3 is 15.7 Å². The maximum atomic E-state index is 10.7. The highest BCUT2D eigenvalue weighted by molar-refractivity contribution is 5.91. The molecule has 0 amide bonds. The molecule has 1 heterocycles. The molecule has 0 aliphatic heterocycles. The molecule has 1 aromatic heterocycles. The lowest BCUT2D eigenvalue weighted by Crippen LogP contribution is -1.95. The number of carboxylic acid groups (broad SMARTS) is 1. The van der Waals surface area contributed by atoms with E-state index in [1.807, 2.05) is 0 Å². The Morgan fingerprint density at radius 1 is 1.33 bits per heavy atom. The lowest BCUT2D eigenvalue weighted by Gasteiger charge is -1.99. The van der Waals surface area contributed by atoms with Gasteiger partial charge in [0.05, 0.1) is 5.69 Å². The lowest BCUT2D eigenvalue weighted by molar-refractivity contribution is 0.0694. The number of aromatic carboxylic acids is 1. The monoisotopic (exact) mass is 252 g/mol. The first-order valence-electron chi connectivity index (χ1n) is 4.38. The summed E-state index contributed by atoms with van der Waals surface area (Å²) in [5.41, 5.74) is -0.000406. The second-order valence-corrected chi connectivity index (χ2v) is 2.92. The van der Waals surface area contributed by atoms with Crippen molar-refractivity contribution in [2.75, 3.05) is 0 Å². The summed E-state index contributed by atoms with van der Waals surface area (Å²) in [5, 5.41) is 37.9. The molecule has 0 fully saturated rings. The number of phenols is 1. The smallest absolute Gasteiger partial charge is 0.339 e. The predicted octanol–water partition coefficient (Wildman–Crippen LogP) is 0.194. The molecular weight excluding hydrogens is 244 g/mol. The summed E-state index contributed by atoms with van der Waals surface area (Å²) in [5.74, 6) is -1.56. The minimum atomic E-state index is -1.25. The summed E-state index contributed by atoms with van der Waals surface area (Å²) in [6.07, 6.45) is 0. The lowest BCUT2D eigenvalue weighted by atomic mass is 10.2. The fraction of sp³-hybridized carbons (Fsp3) is 0. The number of tetrazole rings is 1. The average molecular weight is 252 g/mol. The number of nitrogens with zero attached hydrogens (tertiary/aromatic N) is 5. The summed E-state index contributed by atoms with van der Waals surface area (Å²) in [6, 6.07) is 3.81. The highest BCUT2D eigenvalue weighted by Crippen LogP contribution is 2.24. The molecule has 0 saturated heterocycles. The van der Waals surface area contributed by atoms with Crippen molar-refractivity contribution in [3.05, 3.63) is 23.8 Å². The number of aromatic amines is 1. The molecule has 0 spiro atoms. The van der Waals surface area contributed by atoms with Gasteiger partial charge in [-0.1, -0.05) is 5.10 Å². The third kappa shape index (κ3) is 2.82. The van der Waals surface area contributed by atoms with Crippen molar-refractivity contribution in [1.82, 2.24) is 20.6 Å². The Bertz CT molecular complexity index is 567. The van der Waals surface area contributed by atoms with Crippen LogP contribution in [0.4, 0.5) is 11.6 Å². The number of aromatic nitrogens is 4. The summed E-state index contributed by atoms with van der Waals surface area (Å²) in [7, 11) is 0. The van der Waals surface area contributed by atoms with Gasteiger partial charge in [-0.25, -0.2) is 4.79 Å². The van der Waals surface area contributed by atoms with Crippen LogP contribution in [0.5, 0.6) is 5.75 Å². The van der Waals surface area contributed by atoms with Crippen molar-refractivity contribution in [3.63, 3.8) is 0 Å². The fourth-order valence-corrected chi connectivity index (χ4v) is 1.06. The summed E-state index contributed by atoms with van der Waals surface area (Å²) >= 11 is 0. The Balaban J connectivity index is 0.00000162. The van der Waals surface area contributed by atoms with Gasteiger partial charge in [0, 0.05) is 0 Å². The number of azo groups is 1.